The summed E-state index contributed by atoms with van der Waals surface area (Å²) < 4.78 is 31.6. The largest absolute Gasteiger partial charge is 0.356 e. The molecule has 0 aliphatic heterocycles. The maximum Gasteiger partial charge on any atom is 0.239 e. The van der Waals surface area contributed by atoms with E-state index >= 15 is 0 Å². The first kappa shape index (κ1) is 12.6. The number of fused-ring (bicyclic) bond motifs is 1. The summed E-state index contributed by atoms with van der Waals surface area (Å²) in [6, 6.07) is 12.1. The van der Waals surface area contributed by atoms with E-state index < -0.39 is 10.0 Å². The molecule has 3 aromatic rings. The van der Waals surface area contributed by atoms with Crippen LogP contribution in [0.15, 0.2) is 53.2 Å². The third kappa shape index (κ3) is 2.62. The van der Waals surface area contributed by atoms with Gasteiger partial charge in [-0.25, -0.2) is 13.4 Å². The molecule has 3 rings (SSSR count). The maximum absolute atomic E-state index is 12.1. The van der Waals surface area contributed by atoms with Gasteiger partial charge in [0.15, 0.2) is 5.58 Å². The predicted molar refractivity (Wildman–Crippen MR) is 74.5 cm³/mol. The van der Waals surface area contributed by atoms with Gasteiger partial charge in [-0.1, -0.05) is 23.4 Å². The van der Waals surface area contributed by atoms with Crippen LogP contribution >= 0.6 is 0 Å². The molecule has 6 nitrogen and oxygen atoms in total. The molecule has 1 N–H and O–H groups in total. The Balaban J connectivity index is 1.86. The fourth-order valence-electron chi connectivity index (χ4n) is 1.84. The zero-order valence-corrected chi connectivity index (χ0v) is 11.2. The molecule has 2 aromatic heterocycles. The molecule has 0 fully saturated rings. The molecule has 0 saturated heterocycles. The van der Waals surface area contributed by atoms with Gasteiger partial charge in [-0.15, -0.1) is 0 Å². The zero-order chi connectivity index (χ0) is 14.0. The van der Waals surface area contributed by atoms with Crippen LogP contribution < -0.4 is 4.72 Å². The van der Waals surface area contributed by atoms with Crippen LogP contribution in [0.2, 0.25) is 0 Å². The number of nitrogens with one attached hydrogen (secondary N) is 1. The van der Waals surface area contributed by atoms with E-state index in [0.29, 0.717) is 16.7 Å². The second kappa shape index (κ2) is 4.93. The Morgan fingerprint density at radius 1 is 1.10 bits per heavy atom. The molecule has 20 heavy (non-hydrogen) atoms. The summed E-state index contributed by atoms with van der Waals surface area (Å²) in [6.45, 7) is 0. The van der Waals surface area contributed by atoms with Crippen LogP contribution in [-0.4, -0.2) is 18.6 Å². The first-order chi connectivity index (χ1) is 9.64. The number of rotatable bonds is 4. The van der Waals surface area contributed by atoms with Gasteiger partial charge in [-0.3, -0.25) is 4.72 Å². The summed E-state index contributed by atoms with van der Waals surface area (Å²) in [5.74, 6) is 0.0148. The van der Waals surface area contributed by atoms with Gasteiger partial charge in [0.1, 0.15) is 17.3 Å². The molecule has 102 valence electrons. The van der Waals surface area contributed by atoms with Gasteiger partial charge in [0, 0.05) is 11.6 Å². The fourth-order valence-corrected chi connectivity index (χ4v) is 2.92. The molecule has 0 spiro atoms. The predicted octanol–water partition coefficient (Wildman–Crippen LogP) is 2.16. The molecule has 0 amide bonds. The minimum absolute atomic E-state index is 0.263. The lowest BCUT2D eigenvalue weighted by Gasteiger charge is -2.05. The molecule has 0 radical (unpaired) electrons. The molecule has 0 bridgehead atoms. The number of hydrogen-bond donors (Lipinski definition) is 1. The first-order valence-corrected chi connectivity index (χ1v) is 7.54. The Kier molecular flexibility index (Phi) is 3.11. The third-order valence-electron chi connectivity index (χ3n) is 2.70. The van der Waals surface area contributed by atoms with Crippen molar-refractivity contribution in [3.8, 4) is 0 Å². The number of hydrogen-bond acceptors (Lipinski definition) is 5. The van der Waals surface area contributed by atoms with Crippen molar-refractivity contribution in [2.75, 3.05) is 4.72 Å². The highest BCUT2D eigenvalue weighted by Crippen LogP contribution is 2.20. The molecule has 0 atom stereocenters. The van der Waals surface area contributed by atoms with Gasteiger partial charge in [0.05, 0.1) is 0 Å². The monoisotopic (exact) mass is 289 g/mol. The lowest BCUT2D eigenvalue weighted by Crippen LogP contribution is -2.16. The van der Waals surface area contributed by atoms with E-state index in [4.69, 9.17) is 4.52 Å². The van der Waals surface area contributed by atoms with Crippen LogP contribution in [0.3, 0.4) is 0 Å². The van der Waals surface area contributed by atoms with Gasteiger partial charge < -0.3 is 4.52 Å². The number of benzene rings is 1. The number of sulfonamides is 1. The van der Waals surface area contributed by atoms with Crippen molar-refractivity contribution in [3.05, 3.63) is 54.4 Å². The van der Waals surface area contributed by atoms with Crippen LogP contribution in [-0.2, 0) is 15.8 Å². The van der Waals surface area contributed by atoms with Gasteiger partial charge in [-0.2, -0.15) is 0 Å². The number of aromatic nitrogens is 2. The summed E-state index contributed by atoms with van der Waals surface area (Å²) in [5, 5.41) is 4.50. The van der Waals surface area contributed by atoms with Crippen molar-refractivity contribution in [2.45, 2.75) is 5.75 Å². The number of pyridine rings is 1. The smallest absolute Gasteiger partial charge is 0.239 e. The highest BCUT2D eigenvalue weighted by atomic mass is 32.2. The van der Waals surface area contributed by atoms with Crippen molar-refractivity contribution in [3.63, 3.8) is 0 Å². The van der Waals surface area contributed by atoms with E-state index in [1.807, 2.05) is 6.07 Å². The standard InChI is InChI=1S/C13H11N3O3S/c17-20(18,16-13-7-3-4-8-14-13)9-11-10-5-1-2-6-12(10)19-15-11/h1-8H,9H2,(H,14,16). The molecule has 0 aliphatic rings. The zero-order valence-electron chi connectivity index (χ0n) is 10.4. The fraction of sp³-hybridized carbons (Fsp3) is 0.0769. The molecule has 0 unspecified atom stereocenters. The first-order valence-electron chi connectivity index (χ1n) is 5.89. The molecule has 2 heterocycles. The van der Waals surface area contributed by atoms with E-state index in [1.165, 1.54) is 6.20 Å². The Morgan fingerprint density at radius 3 is 2.70 bits per heavy atom. The Labute approximate surface area is 115 Å². The molecule has 0 saturated carbocycles. The van der Waals surface area contributed by atoms with Crippen LogP contribution in [0.25, 0.3) is 11.0 Å². The van der Waals surface area contributed by atoms with Gasteiger partial charge in [-0.05, 0) is 24.3 Å². The Morgan fingerprint density at radius 2 is 1.90 bits per heavy atom. The van der Waals surface area contributed by atoms with Crippen molar-refractivity contribution in [2.24, 2.45) is 0 Å². The second-order valence-corrected chi connectivity index (χ2v) is 5.92. The number of nitrogens with zero attached hydrogens (tertiary/aromatic N) is 2. The molecule has 0 aliphatic carbocycles. The molecular weight excluding hydrogens is 278 g/mol. The SMILES string of the molecule is O=S(=O)(Cc1noc2ccccc12)Nc1ccccn1. The minimum Gasteiger partial charge on any atom is -0.356 e. The van der Waals surface area contributed by atoms with Crippen LogP contribution in [0, 0.1) is 0 Å². The average molecular weight is 289 g/mol. The van der Waals surface area contributed by atoms with E-state index in [0.717, 1.165) is 0 Å². The lowest BCUT2D eigenvalue weighted by atomic mass is 10.2. The topological polar surface area (TPSA) is 85.1 Å². The van der Waals surface area contributed by atoms with Crippen molar-refractivity contribution < 1.29 is 12.9 Å². The summed E-state index contributed by atoms with van der Waals surface area (Å²) in [7, 11) is -3.58. The quantitative estimate of drug-likeness (QED) is 0.795. The van der Waals surface area contributed by atoms with Crippen molar-refractivity contribution >= 4 is 26.8 Å². The molecular formula is C13H11N3O3S. The molecule has 7 heteroatoms. The second-order valence-electron chi connectivity index (χ2n) is 4.20. The summed E-state index contributed by atoms with van der Waals surface area (Å²) in [6.07, 6.45) is 1.52. The normalized spacial score (nSPS) is 11.6. The summed E-state index contributed by atoms with van der Waals surface area (Å²) >= 11 is 0. The third-order valence-corrected chi connectivity index (χ3v) is 3.88. The maximum atomic E-state index is 12.1. The van der Waals surface area contributed by atoms with E-state index in [2.05, 4.69) is 14.9 Å². The Bertz CT molecular complexity index is 828. The highest BCUT2D eigenvalue weighted by Gasteiger charge is 2.17. The minimum atomic E-state index is -3.58. The lowest BCUT2D eigenvalue weighted by molar-refractivity contribution is 0.448. The summed E-state index contributed by atoms with van der Waals surface area (Å²) in [4.78, 5) is 3.92. The van der Waals surface area contributed by atoms with Crippen LogP contribution in [0.1, 0.15) is 5.69 Å². The van der Waals surface area contributed by atoms with Gasteiger partial charge in [0.25, 0.3) is 0 Å². The number of anilines is 1. The van der Waals surface area contributed by atoms with Crippen molar-refractivity contribution in [1.29, 1.82) is 0 Å². The van der Waals surface area contributed by atoms with Gasteiger partial charge in [0.2, 0.25) is 10.0 Å². The number of para-hydroxylation sites is 1. The Hall–Kier alpha value is -2.41. The average Bonchev–Trinajstić information content (AvgIpc) is 2.82. The summed E-state index contributed by atoms with van der Waals surface area (Å²) in [5.41, 5.74) is 0.944. The van der Waals surface area contributed by atoms with Crippen molar-refractivity contribution in [1.82, 2.24) is 10.1 Å². The van der Waals surface area contributed by atoms with E-state index in [1.54, 1.807) is 36.4 Å². The molecule has 1 aromatic carbocycles. The van der Waals surface area contributed by atoms with Crippen LogP contribution in [0.5, 0.6) is 0 Å². The van der Waals surface area contributed by atoms with E-state index in [-0.39, 0.29) is 11.6 Å². The van der Waals surface area contributed by atoms with E-state index in [9.17, 15) is 8.42 Å². The van der Waals surface area contributed by atoms with Gasteiger partial charge >= 0.3 is 0 Å². The highest BCUT2D eigenvalue weighted by molar-refractivity contribution is 7.91. The van der Waals surface area contributed by atoms with Crippen LogP contribution in [0.4, 0.5) is 5.82 Å².